The molecule has 0 amide bonds. The van der Waals surface area contributed by atoms with Crippen LogP contribution in [0.15, 0.2) is 36.5 Å². The smallest absolute Gasteiger partial charge is 0.160 e. The number of aryl methyl sites for hydroxylation is 3. The van der Waals surface area contributed by atoms with E-state index in [2.05, 4.69) is 33.4 Å². The van der Waals surface area contributed by atoms with Crippen molar-refractivity contribution in [1.82, 2.24) is 19.7 Å². The van der Waals surface area contributed by atoms with E-state index in [4.69, 9.17) is 9.47 Å². The zero-order valence-corrected chi connectivity index (χ0v) is 16.9. The lowest BCUT2D eigenvalue weighted by atomic mass is 10.1. The first kappa shape index (κ1) is 19.7. The van der Waals surface area contributed by atoms with Crippen molar-refractivity contribution in [3.8, 4) is 22.9 Å². The first-order valence-corrected chi connectivity index (χ1v) is 9.47. The molecule has 0 unspecified atom stereocenters. The van der Waals surface area contributed by atoms with Crippen LogP contribution in [0.25, 0.3) is 11.4 Å². The molecule has 0 saturated carbocycles. The summed E-state index contributed by atoms with van der Waals surface area (Å²) in [6, 6.07) is 9.96. The highest BCUT2D eigenvalue weighted by atomic mass is 16.5. The van der Waals surface area contributed by atoms with Gasteiger partial charge in [0.1, 0.15) is 17.3 Å². The summed E-state index contributed by atoms with van der Waals surface area (Å²) in [6.07, 6.45) is 3.87. The van der Waals surface area contributed by atoms with Crippen molar-refractivity contribution in [1.29, 1.82) is 0 Å². The van der Waals surface area contributed by atoms with Gasteiger partial charge in [-0.3, -0.25) is 4.68 Å². The molecule has 0 bridgehead atoms. The maximum absolute atomic E-state index is 5.37. The molecular formula is C21H27N5O2. The Hall–Kier alpha value is -3.09. The van der Waals surface area contributed by atoms with Gasteiger partial charge in [0.15, 0.2) is 11.5 Å². The molecule has 0 aliphatic heterocycles. The summed E-state index contributed by atoms with van der Waals surface area (Å²) in [7, 11) is 3.30. The Bertz CT molecular complexity index is 923. The molecule has 7 nitrogen and oxygen atoms in total. The van der Waals surface area contributed by atoms with E-state index >= 15 is 0 Å². The van der Waals surface area contributed by atoms with Crippen LogP contribution in [0.4, 0.5) is 5.82 Å². The summed E-state index contributed by atoms with van der Waals surface area (Å²) in [5.74, 6) is 3.06. The topological polar surface area (TPSA) is 74.1 Å². The minimum atomic E-state index is 0.728. The van der Waals surface area contributed by atoms with Crippen LogP contribution in [0, 0.1) is 6.92 Å². The molecule has 1 aromatic carbocycles. The zero-order valence-electron chi connectivity index (χ0n) is 16.9. The second kappa shape index (κ2) is 9.21. The minimum absolute atomic E-state index is 0.728. The summed E-state index contributed by atoms with van der Waals surface area (Å²) < 4.78 is 12.5. The van der Waals surface area contributed by atoms with Crippen LogP contribution in [0.1, 0.15) is 24.7 Å². The van der Waals surface area contributed by atoms with Gasteiger partial charge in [-0.25, -0.2) is 9.97 Å². The summed E-state index contributed by atoms with van der Waals surface area (Å²) in [5.41, 5.74) is 2.91. The lowest BCUT2D eigenvalue weighted by Gasteiger charge is -2.10. The molecule has 0 aliphatic rings. The molecule has 148 valence electrons. The van der Waals surface area contributed by atoms with Crippen LogP contribution in [0.5, 0.6) is 11.5 Å². The van der Waals surface area contributed by atoms with Gasteiger partial charge in [-0.1, -0.05) is 6.07 Å². The van der Waals surface area contributed by atoms with Gasteiger partial charge in [0.25, 0.3) is 0 Å². The van der Waals surface area contributed by atoms with Crippen molar-refractivity contribution in [2.24, 2.45) is 0 Å². The molecule has 0 atom stereocenters. The SMILES string of the molecule is CCn1ccc(-c2cc(NCCCc3ccc(OC)c(OC)c3)nc(C)n2)n1. The van der Waals surface area contributed by atoms with Crippen LogP contribution in [0.3, 0.4) is 0 Å². The molecule has 0 aliphatic carbocycles. The van der Waals surface area contributed by atoms with Crippen LogP contribution in [-0.2, 0) is 13.0 Å². The monoisotopic (exact) mass is 381 g/mol. The molecule has 0 radical (unpaired) electrons. The quantitative estimate of drug-likeness (QED) is 0.569. The van der Waals surface area contributed by atoms with Gasteiger partial charge in [-0.05, 0) is 50.5 Å². The van der Waals surface area contributed by atoms with E-state index in [1.54, 1.807) is 14.2 Å². The van der Waals surface area contributed by atoms with Crippen LogP contribution < -0.4 is 14.8 Å². The summed E-state index contributed by atoms with van der Waals surface area (Å²) in [5, 5.41) is 7.92. The first-order valence-electron chi connectivity index (χ1n) is 9.47. The maximum atomic E-state index is 5.37. The molecular weight excluding hydrogens is 354 g/mol. The Balaban J connectivity index is 1.59. The van der Waals surface area contributed by atoms with Gasteiger partial charge < -0.3 is 14.8 Å². The van der Waals surface area contributed by atoms with Gasteiger partial charge in [-0.15, -0.1) is 0 Å². The van der Waals surface area contributed by atoms with Crippen molar-refractivity contribution >= 4 is 5.82 Å². The van der Waals surface area contributed by atoms with Gasteiger partial charge in [-0.2, -0.15) is 5.10 Å². The average molecular weight is 381 g/mol. The van der Waals surface area contributed by atoms with Crippen molar-refractivity contribution in [2.75, 3.05) is 26.1 Å². The molecule has 28 heavy (non-hydrogen) atoms. The van der Waals surface area contributed by atoms with Gasteiger partial charge in [0.05, 0.1) is 19.9 Å². The van der Waals surface area contributed by atoms with Crippen LogP contribution in [-0.4, -0.2) is 40.5 Å². The predicted octanol–water partition coefficient (Wildman–Crippen LogP) is 3.73. The fourth-order valence-electron chi connectivity index (χ4n) is 3.01. The standard InChI is InChI=1S/C21H27N5O2/c1-5-26-12-10-17(25-26)18-14-21(24-15(2)23-18)22-11-6-7-16-8-9-19(27-3)20(13-16)28-4/h8-10,12-14H,5-7,11H2,1-4H3,(H,22,23,24). The zero-order chi connectivity index (χ0) is 19.9. The Kier molecular flexibility index (Phi) is 6.47. The van der Waals surface area contributed by atoms with Crippen LogP contribution in [0.2, 0.25) is 0 Å². The first-order chi connectivity index (χ1) is 13.6. The number of anilines is 1. The number of nitrogens with zero attached hydrogens (tertiary/aromatic N) is 4. The molecule has 2 aromatic heterocycles. The van der Waals surface area contributed by atoms with Crippen LogP contribution >= 0.6 is 0 Å². The van der Waals surface area contributed by atoms with E-state index in [9.17, 15) is 0 Å². The Morgan fingerprint density at radius 2 is 1.82 bits per heavy atom. The molecule has 0 saturated heterocycles. The third-order valence-electron chi connectivity index (χ3n) is 4.46. The number of benzene rings is 1. The predicted molar refractivity (Wildman–Crippen MR) is 110 cm³/mol. The summed E-state index contributed by atoms with van der Waals surface area (Å²) in [6.45, 7) is 5.61. The van der Waals surface area contributed by atoms with Crippen molar-refractivity contribution in [2.45, 2.75) is 33.2 Å². The molecule has 7 heteroatoms. The molecule has 3 rings (SSSR count). The highest BCUT2D eigenvalue weighted by Gasteiger charge is 2.08. The van der Waals surface area contributed by atoms with Gasteiger partial charge in [0, 0.05) is 25.4 Å². The number of rotatable bonds is 9. The number of aromatic nitrogens is 4. The van der Waals surface area contributed by atoms with E-state index in [1.165, 1.54) is 5.56 Å². The van der Waals surface area contributed by atoms with E-state index < -0.39 is 0 Å². The third kappa shape index (κ3) is 4.79. The third-order valence-corrected chi connectivity index (χ3v) is 4.46. The molecule has 0 fully saturated rings. The number of nitrogens with one attached hydrogen (secondary N) is 1. The lowest BCUT2D eigenvalue weighted by Crippen LogP contribution is -2.07. The number of hydrogen-bond acceptors (Lipinski definition) is 6. The van der Waals surface area contributed by atoms with Crippen molar-refractivity contribution < 1.29 is 9.47 Å². The van der Waals surface area contributed by atoms with Gasteiger partial charge >= 0.3 is 0 Å². The molecule has 1 N–H and O–H groups in total. The lowest BCUT2D eigenvalue weighted by molar-refractivity contribution is 0.354. The van der Waals surface area contributed by atoms with Crippen molar-refractivity contribution in [3.63, 3.8) is 0 Å². The Morgan fingerprint density at radius 3 is 2.54 bits per heavy atom. The van der Waals surface area contributed by atoms with E-state index in [-0.39, 0.29) is 0 Å². The summed E-state index contributed by atoms with van der Waals surface area (Å²) in [4.78, 5) is 9.00. The largest absolute Gasteiger partial charge is 0.493 e. The number of ether oxygens (including phenoxy) is 2. The highest BCUT2D eigenvalue weighted by molar-refractivity contribution is 5.58. The second-order valence-corrected chi connectivity index (χ2v) is 6.46. The van der Waals surface area contributed by atoms with Gasteiger partial charge in [0.2, 0.25) is 0 Å². The van der Waals surface area contributed by atoms with Crippen molar-refractivity contribution in [3.05, 3.63) is 47.9 Å². The minimum Gasteiger partial charge on any atom is -0.493 e. The maximum Gasteiger partial charge on any atom is 0.160 e. The van der Waals surface area contributed by atoms with E-state index in [0.29, 0.717) is 0 Å². The summed E-state index contributed by atoms with van der Waals surface area (Å²) >= 11 is 0. The molecule has 3 aromatic rings. The second-order valence-electron chi connectivity index (χ2n) is 6.46. The highest BCUT2D eigenvalue weighted by Crippen LogP contribution is 2.28. The fourth-order valence-corrected chi connectivity index (χ4v) is 3.01. The average Bonchev–Trinajstić information content (AvgIpc) is 3.20. The normalized spacial score (nSPS) is 10.7. The number of methoxy groups -OCH3 is 2. The Labute approximate surface area is 165 Å². The fraction of sp³-hybridized carbons (Fsp3) is 0.381. The van der Waals surface area contributed by atoms with E-state index in [1.807, 2.05) is 42.1 Å². The van der Waals surface area contributed by atoms with E-state index in [0.717, 1.165) is 60.5 Å². The molecule has 0 spiro atoms. The Morgan fingerprint density at radius 1 is 1.00 bits per heavy atom. The molecule has 2 heterocycles. The number of hydrogen-bond donors (Lipinski definition) is 1.